The lowest BCUT2D eigenvalue weighted by Gasteiger charge is -2.49. The van der Waals surface area contributed by atoms with Crippen LogP contribution in [0.1, 0.15) is 95.4 Å². The standard InChI is InChI=1S/C55H56N8/c1-8-55(9-2)44-28-17-19-30-48(44)63-53-52(58-35-46(59-53)49-42(36(3)4)26-20-27-43(49)37(5)6)62(41-24-14-11-15-25-41)54(63)45(55)32-31-39-21-16-18-29-47(39)61-38(7)60(40-22-12-10-13-23-40)50-51(61)57-34-33-56-50/h10-30,32-38,54H,8-9,31H2,1-7H3. The Morgan fingerprint density at radius 1 is 0.571 bits per heavy atom. The van der Waals surface area contributed by atoms with E-state index in [0.29, 0.717) is 18.3 Å². The molecule has 0 amide bonds. The fourth-order valence-corrected chi connectivity index (χ4v) is 10.7. The van der Waals surface area contributed by atoms with Gasteiger partial charge >= 0.3 is 0 Å². The van der Waals surface area contributed by atoms with Crippen LogP contribution < -0.4 is 19.6 Å². The second kappa shape index (κ2) is 16.2. The summed E-state index contributed by atoms with van der Waals surface area (Å²) < 4.78 is 0. The van der Waals surface area contributed by atoms with Crippen molar-refractivity contribution in [3.63, 3.8) is 0 Å². The third-order valence-electron chi connectivity index (χ3n) is 13.8. The molecule has 7 aromatic rings. The van der Waals surface area contributed by atoms with Crippen molar-refractivity contribution in [2.75, 3.05) is 19.6 Å². The molecule has 8 nitrogen and oxygen atoms in total. The maximum atomic E-state index is 5.72. The van der Waals surface area contributed by atoms with Crippen LogP contribution in [0.4, 0.5) is 46.0 Å². The summed E-state index contributed by atoms with van der Waals surface area (Å²) in [5.74, 6) is 4.13. The molecular weight excluding hydrogens is 773 g/mol. The lowest BCUT2D eigenvalue weighted by molar-refractivity contribution is 0.422. The number of allylic oxidation sites excluding steroid dienone is 1. The van der Waals surface area contributed by atoms with Crippen molar-refractivity contribution >= 4 is 46.0 Å². The minimum Gasteiger partial charge on any atom is -0.302 e. The van der Waals surface area contributed by atoms with Gasteiger partial charge < -0.3 is 9.80 Å². The number of aromatic nitrogens is 4. The van der Waals surface area contributed by atoms with E-state index in [-0.39, 0.29) is 17.7 Å². The van der Waals surface area contributed by atoms with Gasteiger partial charge in [-0.15, -0.1) is 0 Å². The molecule has 0 radical (unpaired) electrons. The van der Waals surface area contributed by atoms with Crippen molar-refractivity contribution in [1.82, 2.24) is 19.9 Å². The predicted octanol–water partition coefficient (Wildman–Crippen LogP) is 13.7. The lowest BCUT2D eigenvalue weighted by Crippen LogP contribution is -2.51. The minimum absolute atomic E-state index is 0.0534. The quantitative estimate of drug-likeness (QED) is 0.126. The van der Waals surface area contributed by atoms with E-state index >= 15 is 0 Å². The third-order valence-corrected chi connectivity index (χ3v) is 13.8. The number of benzene rings is 5. The molecule has 5 heterocycles. The van der Waals surface area contributed by atoms with Crippen LogP contribution in [0.15, 0.2) is 158 Å². The van der Waals surface area contributed by atoms with Crippen LogP contribution in [0.5, 0.6) is 0 Å². The van der Waals surface area contributed by atoms with Gasteiger partial charge in [0.05, 0.1) is 11.9 Å². The van der Waals surface area contributed by atoms with Gasteiger partial charge in [0, 0.05) is 46.1 Å². The summed E-state index contributed by atoms with van der Waals surface area (Å²) in [7, 11) is 0. The number of hydrogen-bond donors (Lipinski definition) is 0. The molecule has 5 aromatic carbocycles. The summed E-state index contributed by atoms with van der Waals surface area (Å²) in [4.78, 5) is 30.6. The number of fused-ring (bicyclic) bond motifs is 6. The Bertz CT molecular complexity index is 2790. The topological polar surface area (TPSA) is 64.5 Å². The Morgan fingerprint density at radius 2 is 1.13 bits per heavy atom. The number of anilines is 8. The molecule has 0 N–H and O–H groups in total. The van der Waals surface area contributed by atoms with Crippen molar-refractivity contribution < 1.29 is 0 Å². The van der Waals surface area contributed by atoms with Gasteiger partial charge in [0.15, 0.2) is 23.3 Å². The van der Waals surface area contributed by atoms with Crippen molar-refractivity contribution in [3.05, 3.63) is 180 Å². The summed E-state index contributed by atoms with van der Waals surface area (Å²) in [6.07, 6.45) is 10.5. The van der Waals surface area contributed by atoms with Gasteiger partial charge in [-0.25, -0.2) is 19.9 Å². The molecule has 2 atom stereocenters. The van der Waals surface area contributed by atoms with E-state index in [9.17, 15) is 0 Å². The Labute approximate surface area is 372 Å². The summed E-state index contributed by atoms with van der Waals surface area (Å²) >= 11 is 0. The van der Waals surface area contributed by atoms with Gasteiger partial charge in [0.25, 0.3) is 0 Å². The summed E-state index contributed by atoms with van der Waals surface area (Å²) in [6.45, 7) is 16.1. The number of rotatable bonds is 10. The van der Waals surface area contributed by atoms with Crippen LogP contribution in [0, 0.1) is 0 Å². The molecule has 10 rings (SSSR count). The van der Waals surface area contributed by atoms with E-state index in [4.69, 9.17) is 19.9 Å². The zero-order valence-corrected chi connectivity index (χ0v) is 37.4. The average molecular weight is 829 g/mol. The molecule has 0 saturated carbocycles. The lowest BCUT2D eigenvalue weighted by atomic mass is 9.65. The highest BCUT2D eigenvalue weighted by molar-refractivity contribution is 5.90. The highest BCUT2D eigenvalue weighted by atomic mass is 15.5. The van der Waals surface area contributed by atoms with Crippen molar-refractivity contribution in [2.45, 2.75) is 97.3 Å². The summed E-state index contributed by atoms with van der Waals surface area (Å²) in [5.41, 5.74) is 12.9. The molecule has 2 aromatic heterocycles. The normalized spacial score (nSPS) is 18.0. The smallest absolute Gasteiger partial charge is 0.179 e. The summed E-state index contributed by atoms with van der Waals surface area (Å²) in [5, 5.41) is 0. The van der Waals surface area contributed by atoms with Crippen LogP contribution in [0.3, 0.4) is 0 Å². The minimum atomic E-state index is -0.247. The SMILES string of the molecule is CCC1(CC)C(=CCc2ccccc2N2c3nccnc3N(c3ccccc3)C2C)C2N(c3ccccc3)c3ncc(-c4c(C(C)C)cccc4C(C)C)nc3N2c2ccccc21. The highest BCUT2D eigenvalue weighted by Crippen LogP contribution is 2.59. The molecule has 8 heteroatoms. The Morgan fingerprint density at radius 3 is 1.76 bits per heavy atom. The average Bonchev–Trinajstić information content (AvgIpc) is 3.82. The molecular formula is C55H56N8. The van der Waals surface area contributed by atoms with Gasteiger partial charge in [-0.3, -0.25) is 9.80 Å². The molecule has 0 saturated heterocycles. The Balaban J connectivity index is 1.16. The molecule has 0 spiro atoms. The number of para-hydroxylation sites is 4. The molecule has 0 fully saturated rings. The second-order valence-corrected chi connectivity index (χ2v) is 17.7. The predicted molar refractivity (Wildman–Crippen MR) is 259 cm³/mol. The van der Waals surface area contributed by atoms with E-state index in [2.05, 4.69) is 202 Å². The van der Waals surface area contributed by atoms with Gasteiger partial charge in [-0.2, -0.15) is 0 Å². The van der Waals surface area contributed by atoms with Gasteiger partial charge in [-0.05, 0) is 102 Å². The zero-order chi connectivity index (χ0) is 43.4. The van der Waals surface area contributed by atoms with Crippen molar-refractivity contribution in [1.29, 1.82) is 0 Å². The third kappa shape index (κ3) is 6.40. The van der Waals surface area contributed by atoms with E-state index < -0.39 is 0 Å². The van der Waals surface area contributed by atoms with Crippen molar-refractivity contribution in [3.8, 4) is 11.3 Å². The maximum absolute atomic E-state index is 5.72. The van der Waals surface area contributed by atoms with Crippen LogP contribution in [-0.4, -0.2) is 32.3 Å². The molecule has 0 aliphatic carbocycles. The molecule has 0 bridgehead atoms. The largest absolute Gasteiger partial charge is 0.302 e. The van der Waals surface area contributed by atoms with E-state index in [1.54, 1.807) is 12.4 Å². The van der Waals surface area contributed by atoms with E-state index in [1.807, 2.05) is 6.20 Å². The fourth-order valence-electron chi connectivity index (χ4n) is 10.7. The summed E-state index contributed by atoms with van der Waals surface area (Å²) in [6, 6.07) is 45.9. The highest BCUT2D eigenvalue weighted by Gasteiger charge is 2.53. The molecule has 63 heavy (non-hydrogen) atoms. The second-order valence-electron chi connectivity index (χ2n) is 17.7. The fraction of sp³-hybridized carbons (Fsp3) is 0.273. The maximum Gasteiger partial charge on any atom is 0.179 e. The van der Waals surface area contributed by atoms with E-state index in [0.717, 1.165) is 58.9 Å². The first kappa shape index (κ1) is 40.3. The van der Waals surface area contributed by atoms with Crippen molar-refractivity contribution in [2.24, 2.45) is 0 Å². The van der Waals surface area contributed by atoms with Crippen LogP contribution in [0.2, 0.25) is 0 Å². The first-order chi connectivity index (χ1) is 30.8. The first-order valence-corrected chi connectivity index (χ1v) is 22.7. The van der Waals surface area contributed by atoms with Gasteiger partial charge in [0.1, 0.15) is 12.3 Å². The zero-order valence-electron chi connectivity index (χ0n) is 37.4. The monoisotopic (exact) mass is 828 g/mol. The van der Waals surface area contributed by atoms with Crippen LogP contribution >= 0.6 is 0 Å². The van der Waals surface area contributed by atoms with Gasteiger partial charge in [0.2, 0.25) is 0 Å². The molecule has 2 unspecified atom stereocenters. The molecule has 3 aliphatic rings. The van der Waals surface area contributed by atoms with E-state index in [1.165, 1.54) is 39.1 Å². The molecule has 316 valence electrons. The Kier molecular flexibility index (Phi) is 10.3. The number of hydrogen-bond acceptors (Lipinski definition) is 8. The Hall–Kier alpha value is -6.80. The molecule has 3 aliphatic heterocycles. The van der Waals surface area contributed by atoms with Gasteiger partial charge in [-0.1, -0.05) is 139 Å². The first-order valence-electron chi connectivity index (χ1n) is 22.7. The van der Waals surface area contributed by atoms with Crippen LogP contribution in [-0.2, 0) is 11.8 Å². The number of nitrogens with zero attached hydrogens (tertiary/aromatic N) is 8. The van der Waals surface area contributed by atoms with Crippen LogP contribution in [0.25, 0.3) is 11.3 Å².